The molecule has 33 heavy (non-hydrogen) atoms. The minimum absolute atomic E-state index is 0.0413. The topological polar surface area (TPSA) is 75.7 Å². The van der Waals surface area contributed by atoms with Gasteiger partial charge in [-0.3, -0.25) is 19.8 Å². The second-order valence-electron chi connectivity index (χ2n) is 8.01. The summed E-state index contributed by atoms with van der Waals surface area (Å²) in [6, 6.07) is 9.88. The minimum Gasteiger partial charge on any atom is -0.488 e. The molecule has 2 aromatic rings. The van der Waals surface area contributed by atoms with Crippen LogP contribution < -0.4 is 10.1 Å². The number of nitrogens with zero attached hydrogens (tertiary/aromatic N) is 1. The predicted molar refractivity (Wildman–Crippen MR) is 135 cm³/mol. The van der Waals surface area contributed by atoms with Crippen LogP contribution in [0.3, 0.4) is 0 Å². The van der Waals surface area contributed by atoms with E-state index in [4.69, 9.17) is 27.9 Å². The summed E-state index contributed by atoms with van der Waals surface area (Å²) in [6.07, 6.45) is 6.09. The Morgan fingerprint density at radius 3 is 2.48 bits per heavy atom. The van der Waals surface area contributed by atoms with Crippen molar-refractivity contribution in [2.75, 3.05) is 0 Å². The van der Waals surface area contributed by atoms with Crippen LogP contribution >= 0.6 is 45.8 Å². The zero-order chi connectivity index (χ0) is 23.5. The lowest BCUT2D eigenvalue weighted by Crippen LogP contribution is -2.58. The molecular weight excluding hydrogens is 578 g/mol. The molecule has 0 bridgehead atoms. The van der Waals surface area contributed by atoms with Crippen molar-refractivity contribution < 1.29 is 19.1 Å². The molecule has 0 atom stereocenters. The van der Waals surface area contributed by atoms with E-state index >= 15 is 0 Å². The van der Waals surface area contributed by atoms with Gasteiger partial charge in [-0.2, -0.15) is 0 Å². The Morgan fingerprint density at radius 2 is 1.79 bits per heavy atom. The van der Waals surface area contributed by atoms with Gasteiger partial charge in [0.25, 0.3) is 11.8 Å². The largest absolute Gasteiger partial charge is 0.488 e. The van der Waals surface area contributed by atoms with E-state index in [9.17, 15) is 14.4 Å². The van der Waals surface area contributed by atoms with Crippen LogP contribution in [0.5, 0.6) is 5.75 Å². The van der Waals surface area contributed by atoms with Crippen molar-refractivity contribution in [3.8, 4) is 5.75 Å². The van der Waals surface area contributed by atoms with Crippen molar-refractivity contribution in [3.63, 3.8) is 0 Å². The van der Waals surface area contributed by atoms with Gasteiger partial charge in [0.05, 0.1) is 13.6 Å². The van der Waals surface area contributed by atoms with Gasteiger partial charge < -0.3 is 4.74 Å². The van der Waals surface area contributed by atoms with Crippen molar-refractivity contribution >= 4 is 69.7 Å². The van der Waals surface area contributed by atoms with Crippen molar-refractivity contribution in [1.82, 2.24) is 10.2 Å². The van der Waals surface area contributed by atoms with Crippen molar-refractivity contribution in [1.29, 1.82) is 0 Å². The lowest BCUT2D eigenvalue weighted by molar-refractivity contribution is -0.132. The quantitative estimate of drug-likeness (QED) is 0.261. The van der Waals surface area contributed by atoms with Crippen LogP contribution in [0.25, 0.3) is 6.08 Å². The highest BCUT2D eigenvalue weighted by Crippen LogP contribution is 2.29. The molecule has 1 aliphatic carbocycles. The summed E-state index contributed by atoms with van der Waals surface area (Å²) in [6.45, 7) is 0.312. The Balaban J connectivity index is 1.51. The lowest BCUT2D eigenvalue weighted by atomic mass is 9.93. The standard InChI is InChI=1S/C24H21Cl2IN2O4/c25-18-8-6-15(11-19(18)26)13-33-21-9-7-14(12-20(21)27)10-17-22(30)28-24(32)29(23(17)31)16-4-2-1-3-5-16/h6-12,16H,1-5,13H2,(H,28,30,32). The molecule has 1 heterocycles. The summed E-state index contributed by atoms with van der Waals surface area (Å²) in [5, 5.41) is 3.26. The van der Waals surface area contributed by atoms with Crippen LogP contribution in [-0.4, -0.2) is 28.8 Å². The van der Waals surface area contributed by atoms with Gasteiger partial charge >= 0.3 is 6.03 Å². The van der Waals surface area contributed by atoms with Gasteiger partial charge in [0.1, 0.15) is 17.9 Å². The fraction of sp³-hybridized carbons (Fsp3) is 0.292. The first-order chi connectivity index (χ1) is 15.8. The second-order valence-corrected chi connectivity index (χ2v) is 9.99. The SMILES string of the molecule is O=C1NC(=O)N(C2CCCCC2)C(=O)C1=Cc1ccc(OCc2ccc(Cl)c(Cl)c2)c(I)c1. The van der Waals surface area contributed by atoms with E-state index in [0.29, 0.717) is 28.0 Å². The zero-order valence-electron chi connectivity index (χ0n) is 17.6. The predicted octanol–water partition coefficient (Wildman–Crippen LogP) is 5.97. The van der Waals surface area contributed by atoms with E-state index < -0.39 is 17.8 Å². The van der Waals surface area contributed by atoms with Crippen molar-refractivity contribution in [2.45, 2.75) is 44.8 Å². The Bertz CT molecular complexity index is 1150. The third kappa shape index (κ3) is 5.53. The first-order valence-electron chi connectivity index (χ1n) is 10.6. The molecule has 9 heteroatoms. The minimum atomic E-state index is -0.674. The van der Waals surface area contributed by atoms with Crippen molar-refractivity contribution in [3.05, 3.63) is 66.7 Å². The number of urea groups is 1. The number of hydrogen-bond donors (Lipinski definition) is 1. The van der Waals surface area contributed by atoms with Crippen LogP contribution in [0, 0.1) is 3.57 Å². The van der Waals surface area contributed by atoms with E-state index in [2.05, 4.69) is 27.9 Å². The normalized spacial score (nSPS) is 18.6. The first kappa shape index (κ1) is 24.0. The maximum absolute atomic E-state index is 13.0. The molecule has 0 unspecified atom stereocenters. The van der Waals surface area contributed by atoms with E-state index in [1.165, 1.54) is 11.0 Å². The van der Waals surface area contributed by atoms with Crippen LogP contribution in [0.4, 0.5) is 4.79 Å². The number of imide groups is 2. The highest BCUT2D eigenvalue weighted by atomic mass is 127. The molecule has 0 spiro atoms. The highest BCUT2D eigenvalue weighted by Gasteiger charge is 2.40. The van der Waals surface area contributed by atoms with Gasteiger partial charge in [-0.05, 0) is 76.9 Å². The molecule has 1 saturated carbocycles. The molecule has 0 aromatic heterocycles. The third-order valence-corrected chi connectivity index (χ3v) is 7.30. The van der Waals surface area contributed by atoms with Gasteiger partial charge in [-0.25, -0.2) is 4.79 Å². The third-order valence-electron chi connectivity index (χ3n) is 5.72. The number of barbiturate groups is 1. The number of benzene rings is 2. The number of carbonyl (C=O) groups excluding carboxylic acids is 3. The van der Waals surface area contributed by atoms with Gasteiger partial charge in [-0.15, -0.1) is 0 Å². The number of rotatable bonds is 5. The summed E-state index contributed by atoms with van der Waals surface area (Å²) in [5.74, 6) is -0.556. The molecule has 1 aliphatic heterocycles. The molecular formula is C24H21Cl2IN2O4. The zero-order valence-corrected chi connectivity index (χ0v) is 21.2. The van der Waals surface area contributed by atoms with E-state index in [-0.39, 0.29) is 11.6 Å². The summed E-state index contributed by atoms with van der Waals surface area (Å²) >= 11 is 14.1. The maximum atomic E-state index is 13.0. The highest BCUT2D eigenvalue weighted by molar-refractivity contribution is 14.1. The fourth-order valence-corrected chi connectivity index (χ4v) is 5.04. The molecule has 6 nitrogen and oxygen atoms in total. The number of amides is 4. The van der Waals surface area contributed by atoms with Crippen molar-refractivity contribution in [2.24, 2.45) is 0 Å². The molecule has 1 saturated heterocycles. The Hall–Kier alpha value is -2.10. The van der Waals surface area contributed by atoms with Gasteiger partial charge in [0.15, 0.2) is 0 Å². The van der Waals surface area contributed by atoms with Crippen LogP contribution in [0.2, 0.25) is 10.0 Å². The molecule has 2 aromatic carbocycles. The summed E-state index contributed by atoms with van der Waals surface area (Å²) < 4.78 is 6.70. The fourth-order valence-electron chi connectivity index (χ4n) is 4.02. The number of carbonyl (C=O) groups is 3. The number of halogens is 3. The van der Waals surface area contributed by atoms with Gasteiger partial charge in [0, 0.05) is 6.04 Å². The smallest absolute Gasteiger partial charge is 0.331 e. The molecule has 2 aliphatic rings. The molecule has 2 fully saturated rings. The Kier molecular flexibility index (Phi) is 7.61. The molecule has 4 rings (SSSR count). The summed E-state index contributed by atoms with van der Waals surface area (Å²) in [7, 11) is 0. The number of nitrogens with one attached hydrogen (secondary N) is 1. The molecule has 1 N–H and O–H groups in total. The number of ether oxygens (including phenoxy) is 1. The molecule has 4 amide bonds. The monoisotopic (exact) mass is 598 g/mol. The maximum Gasteiger partial charge on any atom is 0.331 e. The molecule has 0 radical (unpaired) electrons. The molecule has 172 valence electrons. The van der Waals surface area contributed by atoms with Crippen LogP contribution in [-0.2, 0) is 16.2 Å². The Morgan fingerprint density at radius 1 is 1.03 bits per heavy atom. The average molecular weight is 599 g/mol. The van der Waals surface area contributed by atoms with E-state index in [1.54, 1.807) is 24.3 Å². The van der Waals surface area contributed by atoms with Gasteiger partial charge in [-0.1, -0.05) is 54.6 Å². The lowest BCUT2D eigenvalue weighted by Gasteiger charge is -2.35. The average Bonchev–Trinajstić information content (AvgIpc) is 2.79. The summed E-state index contributed by atoms with van der Waals surface area (Å²) in [5.41, 5.74) is 1.50. The Labute approximate surface area is 215 Å². The first-order valence-corrected chi connectivity index (χ1v) is 12.4. The van der Waals surface area contributed by atoms with E-state index in [0.717, 1.165) is 41.2 Å². The van der Waals surface area contributed by atoms with Crippen LogP contribution in [0.15, 0.2) is 42.0 Å². The van der Waals surface area contributed by atoms with E-state index in [1.807, 2.05) is 12.1 Å². The summed E-state index contributed by atoms with van der Waals surface area (Å²) in [4.78, 5) is 39.0. The van der Waals surface area contributed by atoms with Crippen LogP contribution in [0.1, 0.15) is 43.2 Å². The number of hydrogen-bond acceptors (Lipinski definition) is 4. The van der Waals surface area contributed by atoms with Gasteiger partial charge in [0.2, 0.25) is 0 Å². The second kappa shape index (κ2) is 10.4.